The molecule has 1 aromatic heterocycles. The van der Waals surface area contributed by atoms with Gasteiger partial charge in [0, 0.05) is 116 Å². The molecule has 0 unspecified atom stereocenters. The first-order valence-corrected chi connectivity index (χ1v) is 36.4. The summed E-state index contributed by atoms with van der Waals surface area (Å²) in [5.74, 6) is -0.331. The molecule has 29 nitrogen and oxygen atoms in total. The van der Waals surface area contributed by atoms with Crippen LogP contribution in [-0.2, 0) is 43.2 Å². The van der Waals surface area contributed by atoms with Crippen LogP contribution in [0.2, 0.25) is 0 Å². The zero-order chi connectivity index (χ0) is 68.2. The summed E-state index contributed by atoms with van der Waals surface area (Å²) in [5.41, 5.74) is 5.71. The summed E-state index contributed by atoms with van der Waals surface area (Å²) in [4.78, 5) is 155. The number of carboxylic acids is 1. The van der Waals surface area contributed by atoms with E-state index < -0.39 is 42.0 Å². The van der Waals surface area contributed by atoms with Gasteiger partial charge in [0.1, 0.15) is 37.8 Å². The lowest BCUT2D eigenvalue weighted by atomic mass is 10.0. The first-order chi connectivity index (χ1) is 45.8. The molecule has 95 heavy (non-hydrogen) atoms. The number of carbonyl (C=O) groups excluding carboxylic acids is 9. The van der Waals surface area contributed by atoms with Crippen molar-refractivity contribution in [2.24, 2.45) is 5.73 Å². The standard InChI is InChI=1S/C65H109N17O12S/c1-46(83)58-61(93)81(43-54(87)76(58)3)42-51(84)67-31-21-14-10-6-4-8-12-16-26-52(85)77-34-38-79(39-35-77)63-72-62(69-33-23-19-25-50-57-47(45-95-50)70-65(94)71-57)73-64(74-63)80-40-36-78(37-41-80)53(86)27-17-13-9-5-7-11-15-22-32-68-59(91)48(24-18-20-30-66)82-44-55(88)75(2)49(60(82)92)28-29-56(89)90/h46-50,57-58,83H,4-45,66H2,1-3H3,(H,67,84)(H,68,91)(H,89,90)(H2,70,71,94)(H,69,72,73,74)/t46-,47+,48+,49+,50+,57+,58+/m1/s1. The summed E-state index contributed by atoms with van der Waals surface area (Å²) in [6.45, 7) is 7.46. The van der Waals surface area contributed by atoms with Crippen molar-refractivity contribution in [3.05, 3.63) is 0 Å². The molecule has 0 radical (unpaired) electrons. The van der Waals surface area contributed by atoms with Crippen molar-refractivity contribution in [3.63, 3.8) is 0 Å². The van der Waals surface area contributed by atoms with Gasteiger partial charge >= 0.3 is 12.0 Å². The fourth-order valence-corrected chi connectivity index (χ4v) is 15.1. The van der Waals surface area contributed by atoms with Crippen molar-refractivity contribution in [3.8, 4) is 0 Å². The number of hydrogen-bond donors (Lipinski definition) is 8. The van der Waals surface area contributed by atoms with Crippen molar-refractivity contribution in [2.45, 2.75) is 215 Å². The molecular formula is C65H109N17O12S. The number of rotatable bonds is 42. The molecule has 6 saturated heterocycles. The molecule has 6 aliphatic heterocycles. The molecule has 7 rings (SSSR count). The number of thioether (sulfide) groups is 1. The Morgan fingerprint density at radius 3 is 1.71 bits per heavy atom. The minimum Gasteiger partial charge on any atom is -0.481 e. The zero-order valence-corrected chi connectivity index (χ0v) is 57.4. The number of aliphatic hydroxyl groups excluding tert-OH is 1. The number of urea groups is 1. The molecule has 9 N–H and O–H groups in total. The highest BCUT2D eigenvalue weighted by atomic mass is 32.2. The summed E-state index contributed by atoms with van der Waals surface area (Å²) < 4.78 is 0. The molecule has 0 bridgehead atoms. The van der Waals surface area contributed by atoms with E-state index in [0.29, 0.717) is 134 Å². The van der Waals surface area contributed by atoms with Crippen LogP contribution in [0.5, 0.6) is 0 Å². The summed E-state index contributed by atoms with van der Waals surface area (Å²) in [6.07, 6.45) is 19.6. The lowest BCUT2D eigenvalue weighted by molar-refractivity contribution is -0.159. The second-order valence-corrected chi connectivity index (χ2v) is 27.7. The molecule has 0 aromatic carbocycles. The van der Waals surface area contributed by atoms with Crippen molar-refractivity contribution < 1.29 is 58.2 Å². The highest BCUT2D eigenvalue weighted by Crippen LogP contribution is 2.33. The van der Waals surface area contributed by atoms with Crippen molar-refractivity contribution in [1.29, 1.82) is 0 Å². The molecule has 0 saturated carbocycles. The number of nitrogens with two attached hydrogens (primary N) is 1. The summed E-state index contributed by atoms with van der Waals surface area (Å²) >= 11 is 1.91. The van der Waals surface area contributed by atoms with Crippen molar-refractivity contribution in [2.75, 3.05) is 133 Å². The molecule has 7 atom stereocenters. The third-order valence-corrected chi connectivity index (χ3v) is 20.8. The third-order valence-electron chi connectivity index (χ3n) is 19.3. The number of aliphatic hydroxyl groups is 1. The number of amides is 10. The van der Waals surface area contributed by atoms with E-state index in [-0.39, 0.29) is 86.0 Å². The van der Waals surface area contributed by atoms with Crippen LogP contribution in [0.4, 0.5) is 22.6 Å². The minimum atomic E-state index is -1.06. The maximum Gasteiger partial charge on any atom is 0.315 e. The third kappa shape index (κ3) is 23.5. The molecular weight excluding hydrogens is 1240 g/mol. The highest BCUT2D eigenvalue weighted by Gasteiger charge is 2.45. The summed E-state index contributed by atoms with van der Waals surface area (Å²) in [6, 6.07) is -2.47. The topological polar surface area (TPSA) is 362 Å². The smallest absolute Gasteiger partial charge is 0.315 e. The fraction of sp³-hybridized carbons (Fsp3) is 0.800. The van der Waals surface area contributed by atoms with Crippen LogP contribution in [-0.4, -0.2) is 273 Å². The number of fused-ring (bicyclic) bond motifs is 1. The van der Waals surface area contributed by atoms with E-state index in [9.17, 15) is 58.2 Å². The van der Waals surface area contributed by atoms with Gasteiger partial charge in [0.25, 0.3) is 0 Å². The Labute approximate surface area is 564 Å². The number of likely N-dealkylation sites (N-methyl/N-ethyl adjacent to an activating group) is 2. The Morgan fingerprint density at radius 2 is 1.15 bits per heavy atom. The van der Waals surface area contributed by atoms with Crippen LogP contribution in [0.15, 0.2) is 0 Å². The lowest BCUT2D eigenvalue weighted by Gasteiger charge is -2.41. The SMILES string of the molecule is C[C@@H](O)[C@H]1C(=O)N(CC(=O)NCCCCCCCCCCC(=O)N2CCN(c3nc(NCCCC[C@@H]4SC[C@@H]5NC(=O)N[C@@H]54)nc(N4CCN(C(=O)CCCCCCCCCCNC(=O)[C@H](CCCCN)N5CC(=O)N(C)[C@@H](CCC(=O)O)C5=O)CC4)n3)CC2)CC(=O)N1C. The van der Waals surface area contributed by atoms with Crippen LogP contribution < -0.4 is 42.1 Å². The Bertz CT molecular complexity index is 2700. The Hall–Kier alpha value is -6.82. The van der Waals surface area contributed by atoms with E-state index in [2.05, 4.69) is 36.4 Å². The van der Waals surface area contributed by atoms with Crippen LogP contribution >= 0.6 is 11.8 Å². The van der Waals surface area contributed by atoms with E-state index in [0.717, 1.165) is 128 Å². The lowest BCUT2D eigenvalue weighted by Crippen LogP contribution is -2.63. The van der Waals surface area contributed by atoms with Gasteiger partial charge in [0.05, 0.1) is 18.2 Å². The van der Waals surface area contributed by atoms with Gasteiger partial charge in [0.2, 0.25) is 65.1 Å². The van der Waals surface area contributed by atoms with E-state index in [1.165, 1.54) is 40.6 Å². The number of carbonyl (C=O) groups is 10. The molecule has 1 aromatic rings. The predicted octanol–water partition coefficient (Wildman–Crippen LogP) is 2.25. The number of carboxylic acid groups (broad SMARTS) is 1. The normalized spacial score (nSPS) is 21.4. The molecule has 0 spiro atoms. The second kappa shape index (κ2) is 39.4. The number of aliphatic carboxylic acids is 1. The average Bonchev–Trinajstić information content (AvgIpc) is 1.34. The largest absolute Gasteiger partial charge is 0.481 e. The minimum absolute atomic E-state index is 0.0213. The van der Waals surface area contributed by atoms with Gasteiger partial charge < -0.3 is 81.7 Å². The number of unbranched alkanes of at least 4 members (excludes halogenated alkanes) is 16. The number of piperazine rings is 4. The Kier molecular flexibility index (Phi) is 31.3. The van der Waals surface area contributed by atoms with Crippen molar-refractivity contribution in [1.82, 2.24) is 65.6 Å². The number of nitrogens with zero attached hydrogens (tertiary/aromatic N) is 11. The summed E-state index contributed by atoms with van der Waals surface area (Å²) in [7, 11) is 2.98. The fourth-order valence-electron chi connectivity index (χ4n) is 13.5. The van der Waals surface area contributed by atoms with Gasteiger partial charge in [-0.1, -0.05) is 83.5 Å². The maximum atomic E-state index is 13.5. The second-order valence-electron chi connectivity index (χ2n) is 26.4. The van der Waals surface area contributed by atoms with Gasteiger partial charge in [-0.2, -0.15) is 26.7 Å². The van der Waals surface area contributed by atoms with Gasteiger partial charge in [-0.3, -0.25) is 43.2 Å². The molecule has 6 fully saturated rings. The zero-order valence-electron chi connectivity index (χ0n) is 56.6. The average molecular weight is 1350 g/mol. The first kappa shape index (κ1) is 75.6. The highest BCUT2D eigenvalue weighted by molar-refractivity contribution is 8.00. The first-order valence-electron chi connectivity index (χ1n) is 35.3. The van der Waals surface area contributed by atoms with E-state index in [1.807, 2.05) is 21.6 Å². The number of aromatic nitrogens is 3. The van der Waals surface area contributed by atoms with Crippen LogP contribution in [0.25, 0.3) is 0 Å². The monoisotopic (exact) mass is 1350 g/mol. The van der Waals surface area contributed by atoms with Crippen molar-refractivity contribution >= 4 is 88.9 Å². The van der Waals surface area contributed by atoms with Crippen LogP contribution in [0.1, 0.15) is 174 Å². The molecule has 0 aliphatic carbocycles. The van der Waals surface area contributed by atoms with Crippen LogP contribution in [0, 0.1) is 0 Å². The molecule has 10 amide bonds. The predicted molar refractivity (Wildman–Crippen MR) is 361 cm³/mol. The van der Waals surface area contributed by atoms with Gasteiger partial charge in [-0.15, -0.1) is 0 Å². The molecule has 30 heteroatoms. The van der Waals surface area contributed by atoms with E-state index >= 15 is 0 Å². The van der Waals surface area contributed by atoms with Crippen LogP contribution in [0.3, 0.4) is 0 Å². The van der Waals surface area contributed by atoms with Gasteiger partial charge in [-0.05, 0) is 77.7 Å². The number of anilines is 3. The number of nitrogens with one attached hydrogen (secondary N) is 5. The quantitative estimate of drug-likeness (QED) is 0.0344. The Morgan fingerprint density at radius 1 is 0.611 bits per heavy atom. The molecule has 532 valence electrons. The van der Waals surface area contributed by atoms with Gasteiger partial charge in [-0.25, -0.2) is 4.79 Å². The van der Waals surface area contributed by atoms with E-state index in [1.54, 1.807) is 0 Å². The number of hydrogen-bond acceptors (Lipinski definition) is 19. The maximum absolute atomic E-state index is 13.5. The summed E-state index contributed by atoms with van der Waals surface area (Å²) in [5, 5.41) is 35.0. The van der Waals surface area contributed by atoms with Gasteiger partial charge in [0.15, 0.2) is 0 Å². The van der Waals surface area contributed by atoms with E-state index in [4.69, 9.17) is 20.7 Å². The molecule has 7 heterocycles. The Balaban J connectivity index is 0.763. The molecule has 6 aliphatic rings.